The van der Waals surface area contributed by atoms with Crippen molar-refractivity contribution in [2.75, 3.05) is 6.61 Å². The zero-order chi connectivity index (χ0) is 8.27. The Balaban J connectivity index is 2.60. The number of aromatic nitrogens is 1. The number of aryl methyl sites for hydroxylation is 1. The number of rotatable bonds is 3. The lowest BCUT2D eigenvalue weighted by molar-refractivity contribution is 0.126. The summed E-state index contributed by atoms with van der Waals surface area (Å²) in [7, 11) is 0. The van der Waals surface area contributed by atoms with Gasteiger partial charge in [-0.1, -0.05) is 6.92 Å². The smallest absolute Gasteiger partial charge is 0.0897 e. The molecule has 11 heavy (non-hydrogen) atoms. The Bertz CT molecular complexity index is 224. The summed E-state index contributed by atoms with van der Waals surface area (Å²) < 4.78 is 0. The van der Waals surface area contributed by atoms with Gasteiger partial charge in [0.1, 0.15) is 0 Å². The van der Waals surface area contributed by atoms with Crippen LogP contribution in [0.3, 0.4) is 0 Å². The summed E-state index contributed by atoms with van der Waals surface area (Å²) in [5.74, 6) is 5.25. The van der Waals surface area contributed by atoms with Crippen LogP contribution in [0.4, 0.5) is 0 Å². The molecule has 1 heterocycles. The minimum Gasteiger partial charge on any atom is -0.304 e. The topological polar surface area (TPSA) is 48.1 Å². The van der Waals surface area contributed by atoms with E-state index >= 15 is 0 Å². The van der Waals surface area contributed by atoms with Crippen LogP contribution < -0.4 is 5.90 Å². The Morgan fingerprint density at radius 2 is 2.55 bits per heavy atom. The molecule has 1 unspecified atom stereocenters. The summed E-state index contributed by atoms with van der Waals surface area (Å²) in [6, 6.07) is 0. The SMILES string of the molecule is Cc1nc(C(C)CON)cs1. The van der Waals surface area contributed by atoms with Crippen molar-refractivity contribution in [3.05, 3.63) is 16.1 Å². The van der Waals surface area contributed by atoms with Crippen molar-refractivity contribution in [2.24, 2.45) is 5.90 Å². The van der Waals surface area contributed by atoms with E-state index in [0.717, 1.165) is 10.7 Å². The van der Waals surface area contributed by atoms with E-state index in [9.17, 15) is 0 Å². The summed E-state index contributed by atoms with van der Waals surface area (Å²) >= 11 is 1.65. The summed E-state index contributed by atoms with van der Waals surface area (Å²) in [5, 5.41) is 3.13. The second-order valence-electron chi connectivity index (χ2n) is 2.53. The quantitative estimate of drug-likeness (QED) is 0.702. The first-order valence-corrected chi connectivity index (χ1v) is 4.35. The van der Waals surface area contributed by atoms with E-state index in [4.69, 9.17) is 5.90 Å². The zero-order valence-corrected chi connectivity index (χ0v) is 7.52. The molecule has 1 aromatic rings. The molecule has 0 saturated heterocycles. The lowest BCUT2D eigenvalue weighted by Gasteiger charge is -2.04. The third kappa shape index (κ3) is 2.25. The van der Waals surface area contributed by atoms with E-state index < -0.39 is 0 Å². The molecule has 0 spiro atoms. The molecule has 4 heteroatoms. The molecule has 0 bridgehead atoms. The molecule has 0 fully saturated rings. The van der Waals surface area contributed by atoms with Crippen LogP contribution >= 0.6 is 11.3 Å². The Morgan fingerprint density at radius 1 is 1.82 bits per heavy atom. The van der Waals surface area contributed by atoms with E-state index in [1.165, 1.54) is 0 Å². The maximum Gasteiger partial charge on any atom is 0.0897 e. The summed E-state index contributed by atoms with van der Waals surface area (Å²) in [6.45, 7) is 4.56. The molecule has 0 radical (unpaired) electrons. The van der Waals surface area contributed by atoms with Gasteiger partial charge in [-0.2, -0.15) is 0 Å². The fraction of sp³-hybridized carbons (Fsp3) is 0.571. The van der Waals surface area contributed by atoms with Crippen LogP contribution in [-0.2, 0) is 4.84 Å². The van der Waals surface area contributed by atoms with Crippen LogP contribution in [0.1, 0.15) is 23.5 Å². The van der Waals surface area contributed by atoms with Gasteiger partial charge in [0.15, 0.2) is 0 Å². The highest BCUT2D eigenvalue weighted by Crippen LogP contribution is 2.17. The Hall–Kier alpha value is -0.450. The van der Waals surface area contributed by atoms with Gasteiger partial charge in [-0.3, -0.25) is 0 Å². The molecule has 0 aliphatic carbocycles. The van der Waals surface area contributed by atoms with Gasteiger partial charge in [0.25, 0.3) is 0 Å². The molecule has 1 rings (SSSR count). The number of nitrogens with two attached hydrogens (primary N) is 1. The Labute approximate surface area is 70.2 Å². The number of hydrogen-bond acceptors (Lipinski definition) is 4. The van der Waals surface area contributed by atoms with E-state index in [1.807, 2.05) is 19.2 Å². The van der Waals surface area contributed by atoms with Crippen LogP contribution in [-0.4, -0.2) is 11.6 Å². The number of hydrogen-bond donors (Lipinski definition) is 1. The maximum atomic E-state index is 4.95. The van der Waals surface area contributed by atoms with Gasteiger partial charge in [0, 0.05) is 11.3 Å². The van der Waals surface area contributed by atoms with E-state index in [-0.39, 0.29) is 0 Å². The monoisotopic (exact) mass is 172 g/mol. The van der Waals surface area contributed by atoms with Crippen molar-refractivity contribution in [1.29, 1.82) is 0 Å². The largest absolute Gasteiger partial charge is 0.304 e. The summed E-state index contributed by atoms with van der Waals surface area (Å²) in [5.41, 5.74) is 1.07. The molecule has 0 aromatic carbocycles. The first kappa shape index (κ1) is 8.64. The van der Waals surface area contributed by atoms with Crippen molar-refractivity contribution in [3.63, 3.8) is 0 Å². The fourth-order valence-corrected chi connectivity index (χ4v) is 1.57. The predicted octanol–water partition coefficient (Wildman–Crippen LogP) is 1.45. The van der Waals surface area contributed by atoms with E-state index in [0.29, 0.717) is 12.5 Å². The molecule has 0 aliphatic heterocycles. The van der Waals surface area contributed by atoms with Crippen LogP contribution in [0.5, 0.6) is 0 Å². The lowest BCUT2D eigenvalue weighted by atomic mass is 10.1. The van der Waals surface area contributed by atoms with Crippen molar-refractivity contribution in [1.82, 2.24) is 4.98 Å². The molecular weight excluding hydrogens is 160 g/mol. The standard InChI is InChI=1S/C7H12N2OS/c1-5(3-10-8)7-4-11-6(2)9-7/h4-5H,3,8H2,1-2H3. The third-order valence-electron chi connectivity index (χ3n) is 1.49. The second kappa shape index (κ2) is 3.80. The van der Waals surface area contributed by atoms with Crippen molar-refractivity contribution < 1.29 is 4.84 Å². The van der Waals surface area contributed by atoms with Crippen LogP contribution in [0.2, 0.25) is 0 Å². The van der Waals surface area contributed by atoms with E-state index in [1.54, 1.807) is 11.3 Å². The average molecular weight is 172 g/mol. The average Bonchev–Trinajstić information content (AvgIpc) is 2.36. The Kier molecular flexibility index (Phi) is 2.99. The van der Waals surface area contributed by atoms with Gasteiger partial charge in [0.2, 0.25) is 0 Å². The van der Waals surface area contributed by atoms with Crippen LogP contribution in [0.25, 0.3) is 0 Å². The van der Waals surface area contributed by atoms with Gasteiger partial charge in [-0.25, -0.2) is 10.9 Å². The molecule has 2 N–H and O–H groups in total. The first-order valence-electron chi connectivity index (χ1n) is 3.47. The van der Waals surface area contributed by atoms with Crippen LogP contribution in [0, 0.1) is 6.92 Å². The number of thiazole rings is 1. The highest BCUT2D eigenvalue weighted by atomic mass is 32.1. The molecule has 1 atom stereocenters. The third-order valence-corrected chi connectivity index (χ3v) is 2.28. The molecule has 0 saturated carbocycles. The molecule has 0 amide bonds. The van der Waals surface area contributed by atoms with Crippen molar-refractivity contribution in [2.45, 2.75) is 19.8 Å². The van der Waals surface area contributed by atoms with Gasteiger partial charge < -0.3 is 4.84 Å². The van der Waals surface area contributed by atoms with Crippen molar-refractivity contribution >= 4 is 11.3 Å². The van der Waals surface area contributed by atoms with Gasteiger partial charge in [0.05, 0.1) is 17.3 Å². The predicted molar refractivity (Wildman–Crippen MR) is 45.4 cm³/mol. The number of nitrogens with zero attached hydrogens (tertiary/aromatic N) is 1. The molecule has 0 aliphatic rings. The highest BCUT2D eigenvalue weighted by Gasteiger charge is 2.07. The van der Waals surface area contributed by atoms with Gasteiger partial charge >= 0.3 is 0 Å². The minimum atomic E-state index is 0.296. The molecular formula is C7H12N2OS. The molecule has 1 aromatic heterocycles. The maximum absolute atomic E-state index is 4.95. The van der Waals surface area contributed by atoms with Crippen molar-refractivity contribution in [3.8, 4) is 0 Å². The summed E-state index contributed by atoms with van der Waals surface area (Å²) in [6.07, 6.45) is 0. The molecule has 62 valence electrons. The van der Waals surface area contributed by atoms with Gasteiger partial charge in [-0.05, 0) is 6.92 Å². The Morgan fingerprint density at radius 3 is 3.00 bits per heavy atom. The normalized spacial score (nSPS) is 13.4. The first-order chi connectivity index (χ1) is 5.24. The fourth-order valence-electron chi connectivity index (χ4n) is 0.836. The van der Waals surface area contributed by atoms with Crippen LogP contribution in [0.15, 0.2) is 5.38 Å². The zero-order valence-electron chi connectivity index (χ0n) is 6.70. The molecule has 3 nitrogen and oxygen atoms in total. The minimum absolute atomic E-state index is 0.296. The summed E-state index contributed by atoms with van der Waals surface area (Å²) in [4.78, 5) is 8.84. The second-order valence-corrected chi connectivity index (χ2v) is 3.59. The van der Waals surface area contributed by atoms with E-state index in [2.05, 4.69) is 9.82 Å². The van der Waals surface area contributed by atoms with Gasteiger partial charge in [-0.15, -0.1) is 11.3 Å². The lowest BCUT2D eigenvalue weighted by Crippen LogP contribution is -2.08. The highest BCUT2D eigenvalue weighted by molar-refractivity contribution is 7.09.